The van der Waals surface area contributed by atoms with Gasteiger partial charge >= 0.3 is 11.9 Å². The Morgan fingerprint density at radius 3 is 2.27 bits per heavy atom. The van der Waals surface area contributed by atoms with Crippen LogP contribution in [0.25, 0.3) is 0 Å². The van der Waals surface area contributed by atoms with E-state index in [9.17, 15) is 0 Å². The smallest absolute Gasteiger partial charge is 0.414 e. The van der Waals surface area contributed by atoms with Gasteiger partial charge in [0.1, 0.15) is 6.10 Å². The summed E-state index contributed by atoms with van der Waals surface area (Å²) in [5.41, 5.74) is 5.51. The molecular formula is C23H26N2O5. The SMILES string of the molecule is O=C(O)C(=O)O.c1ccc2c(c1)Cc1ccccc1N1OC(CN3CCCC3)CC21. The van der Waals surface area contributed by atoms with Gasteiger partial charge in [-0.15, -0.1) is 0 Å². The third kappa shape index (κ3) is 4.32. The Kier molecular flexibility index (Phi) is 6.01. The Labute approximate surface area is 175 Å². The van der Waals surface area contributed by atoms with Gasteiger partial charge in [0, 0.05) is 13.0 Å². The topological polar surface area (TPSA) is 90.3 Å². The maximum atomic E-state index is 9.10. The van der Waals surface area contributed by atoms with E-state index in [4.69, 9.17) is 24.6 Å². The van der Waals surface area contributed by atoms with Crippen LogP contribution in [0.4, 0.5) is 5.69 Å². The number of likely N-dealkylation sites (tertiary alicyclic amines) is 1. The number of carboxylic acid groups (broad SMARTS) is 2. The molecule has 2 aromatic rings. The number of anilines is 1. The lowest BCUT2D eigenvalue weighted by Gasteiger charge is -2.25. The van der Waals surface area contributed by atoms with Crippen LogP contribution in [-0.2, 0) is 20.8 Å². The normalized spacial score (nSPS) is 22.2. The largest absolute Gasteiger partial charge is 0.473 e. The maximum Gasteiger partial charge on any atom is 0.414 e. The maximum absolute atomic E-state index is 9.10. The molecule has 0 aromatic heterocycles. The van der Waals surface area contributed by atoms with Gasteiger partial charge in [0.05, 0.1) is 11.7 Å². The number of rotatable bonds is 2. The highest BCUT2D eigenvalue weighted by Gasteiger charge is 2.39. The molecule has 3 aliphatic rings. The molecule has 2 atom stereocenters. The highest BCUT2D eigenvalue weighted by Crippen LogP contribution is 2.44. The van der Waals surface area contributed by atoms with Crippen molar-refractivity contribution in [2.24, 2.45) is 0 Å². The molecule has 7 nitrogen and oxygen atoms in total. The molecule has 0 radical (unpaired) electrons. The van der Waals surface area contributed by atoms with Crippen LogP contribution in [-0.4, -0.2) is 52.8 Å². The van der Waals surface area contributed by atoms with Gasteiger partial charge in [-0.25, -0.2) is 14.7 Å². The average Bonchev–Trinajstić information content (AvgIpc) is 3.37. The van der Waals surface area contributed by atoms with E-state index in [1.165, 1.54) is 48.3 Å². The summed E-state index contributed by atoms with van der Waals surface area (Å²) in [5.74, 6) is -3.65. The summed E-state index contributed by atoms with van der Waals surface area (Å²) in [6, 6.07) is 18.0. The molecule has 0 amide bonds. The van der Waals surface area contributed by atoms with Crippen LogP contribution in [0, 0.1) is 0 Å². The van der Waals surface area contributed by atoms with Gasteiger partial charge in [-0.05, 0) is 55.1 Å². The van der Waals surface area contributed by atoms with Crippen molar-refractivity contribution in [2.45, 2.75) is 37.8 Å². The molecule has 7 heteroatoms. The second-order valence-electron chi connectivity index (χ2n) is 7.93. The molecule has 5 rings (SSSR count). The van der Waals surface area contributed by atoms with Gasteiger partial charge in [-0.3, -0.25) is 4.84 Å². The molecule has 0 aliphatic carbocycles. The minimum atomic E-state index is -1.82. The van der Waals surface area contributed by atoms with Gasteiger partial charge < -0.3 is 15.1 Å². The summed E-state index contributed by atoms with van der Waals surface area (Å²) in [5, 5.41) is 17.0. The fraction of sp³-hybridized carbons (Fsp3) is 0.391. The molecule has 2 N–H and O–H groups in total. The molecule has 0 bridgehead atoms. The summed E-state index contributed by atoms with van der Waals surface area (Å²) in [7, 11) is 0. The van der Waals surface area contributed by atoms with Gasteiger partial charge in [-0.1, -0.05) is 42.5 Å². The molecule has 2 unspecified atom stereocenters. The lowest BCUT2D eigenvalue weighted by atomic mass is 9.95. The van der Waals surface area contributed by atoms with Crippen molar-refractivity contribution in [3.8, 4) is 0 Å². The van der Waals surface area contributed by atoms with E-state index in [1.54, 1.807) is 0 Å². The van der Waals surface area contributed by atoms with E-state index in [2.05, 4.69) is 58.5 Å². The molecule has 0 spiro atoms. The second-order valence-corrected chi connectivity index (χ2v) is 7.93. The third-order valence-corrected chi connectivity index (χ3v) is 5.90. The number of carboxylic acids is 2. The van der Waals surface area contributed by atoms with Crippen molar-refractivity contribution in [2.75, 3.05) is 24.7 Å². The van der Waals surface area contributed by atoms with Crippen LogP contribution in [0.2, 0.25) is 0 Å². The predicted molar refractivity (Wildman–Crippen MR) is 111 cm³/mol. The van der Waals surface area contributed by atoms with Crippen LogP contribution in [0.5, 0.6) is 0 Å². The Morgan fingerprint density at radius 1 is 0.933 bits per heavy atom. The number of hydrogen-bond acceptors (Lipinski definition) is 5. The van der Waals surface area contributed by atoms with Crippen molar-refractivity contribution in [3.05, 3.63) is 65.2 Å². The first-order chi connectivity index (χ1) is 14.5. The Hall–Kier alpha value is -2.90. The number of para-hydroxylation sites is 1. The number of hydrogen-bond donors (Lipinski definition) is 2. The van der Waals surface area contributed by atoms with E-state index >= 15 is 0 Å². The molecule has 2 fully saturated rings. The lowest BCUT2D eigenvalue weighted by molar-refractivity contribution is -0.159. The summed E-state index contributed by atoms with van der Waals surface area (Å²) < 4.78 is 0. The van der Waals surface area contributed by atoms with Gasteiger partial charge in [0.15, 0.2) is 0 Å². The van der Waals surface area contributed by atoms with E-state index < -0.39 is 11.9 Å². The molecule has 2 saturated heterocycles. The summed E-state index contributed by atoms with van der Waals surface area (Å²) in [6.45, 7) is 3.53. The Bertz CT molecular complexity index is 860. The first kappa shape index (κ1) is 20.4. The van der Waals surface area contributed by atoms with Crippen molar-refractivity contribution in [1.82, 2.24) is 4.90 Å². The van der Waals surface area contributed by atoms with Gasteiger partial charge in [0.2, 0.25) is 0 Å². The van der Waals surface area contributed by atoms with Crippen molar-refractivity contribution in [3.63, 3.8) is 0 Å². The van der Waals surface area contributed by atoms with E-state index in [0.29, 0.717) is 12.1 Å². The molecule has 3 aliphatic heterocycles. The fourth-order valence-electron chi connectivity index (χ4n) is 4.56. The standard InChI is InChI=1S/C21H24N2O.C2H2O4/c1-3-9-19-16(7-1)13-17-8-2-4-10-20(17)23-21(19)14-18(24-23)15-22-11-5-6-12-22;3-1(4)2(5)6/h1-4,7-10,18,21H,5-6,11-15H2;(H,3,4)(H,5,6). The average molecular weight is 410 g/mol. The fourth-order valence-corrected chi connectivity index (χ4v) is 4.56. The second kappa shape index (κ2) is 8.85. The number of benzene rings is 2. The van der Waals surface area contributed by atoms with Crippen LogP contribution in [0.3, 0.4) is 0 Å². The van der Waals surface area contributed by atoms with E-state index in [0.717, 1.165) is 19.4 Å². The number of nitrogens with zero attached hydrogens (tertiary/aromatic N) is 2. The highest BCUT2D eigenvalue weighted by atomic mass is 16.7. The zero-order valence-corrected chi connectivity index (χ0v) is 16.7. The molecule has 30 heavy (non-hydrogen) atoms. The third-order valence-electron chi connectivity index (χ3n) is 5.90. The first-order valence-corrected chi connectivity index (χ1v) is 10.3. The number of carbonyl (C=O) groups is 2. The van der Waals surface area contributed by atoms with Crippen LogP contribution in [0.15, 0.2) is 48.5 Å². The summed E-state index contributed by atoms with van der Waals surface area (Å²) in [4.78, 5) is 27.2. The first-order valence-electron chi connectivity index (χ1n) is 10.3. The van der Waals surface area contributed by atoms with Crippen LogP contribution < -0.4 is 5.06 Å². The quantitative estimate of drug-likeness (QED) is 0.735. The Balaban J connectivity index is 0.000000322. The van der Waals surface area contributed by atoms with Crippen molar-refractivity contribution >= 4 is 17.6 Å². The van der Waals surface area contributed by atoms with Crippen LogP contribution in [0.1, 0.15) is 42.0 Å². The minimum Gasteiger partial charge on any atom is -0.473 e. The molecule has 3 heterocycles. The van der Waals surface area contributed by atoms with Gasteiger partial charge in [-0.2, -0.15) is 0 Å². The molecular weight excluding hydrogens is 384 g/mol. The van der Waals surface area contributed by atoms with Crippen LogP contribution >= 0.6 is 0 Å². The zero-order valence-electron chi connectivity index (χ0n) is 16.7. The molecule has 0 saturated carbocycles. The summed E-state index contributed by atoms with van der Waals surface area (Å²) >= 11 is 0. The monoisotopic (exact) mass is 410 g/mol. The minimum absolute atomic E-state index is 0.298. The lowest BCUT2D eigenvalue weighted by Crippen LogP contribution is -2.31. The molecule has 2 aromatic carbocycles. The van der Waals surface area contributed by atoms with Crippen molar-refractivity contribution < 1.29 is 24.6 Å². The number of aliphatic carboxylic acids is 2. The highest BCUT2D eigenvalue weighted by molar-refractivity contribution is 6.27. The van der Waals surface area contributed by atoms with Gasteiger partial charge in [0.25, 0.3) is 0 Å². The summed E-state index contributed by atoms with van der Waals surface area (Å²) in [6.07, 6.45) is 5.06. The van der Waals surface area contributed by atoms with Crippen molar-refractivity contribution in [1.29, 1.82) is 0 Å². The number of fused-ring (bicyclic) bond motifs is 5. The van der Waals surface area contributed by atoms with E-state index in [-0.39, 0.29) is 0 Å². The van der Waals surface area contributed by atoms with E-state index in [1.807, 2.05) is 0 Å². The Morgan fingerprint density at radius 2 is 1.57 bits per heavy atom. The number of hydroxylamine groups is 1. The predicted octanol–water partition coefficient (Wildman–Crippen LogP) is 3.09. The zero-order chi connectivity index (χ0) is 21.1. The molecule has 158 valence electrons.